The van der Waals surface area contributed by atoms with E-state index in [1.54, 1.807) is 45.7 Å². The number of esters is 1. The van der Waals surface area contributed by atoms with Gasteiger partial charge in [0.15, 0.2) is 12.3 Å². The standard InChI is InChI=1S/C19H17N5O4/c25-17(11-28-19(27)13-7-8-16-22-20-12-23(16)10-13)21-14-4-1-2-5-15(14)24-9-3-6-18(24)26/h1-2,4-5,7-8,10,12H,3,6,9,11H2,(H,21,25). The van der Waals surface area contributed by atoms with E-state index in [0.29, 0.717) is 30.0 Å². The molecular weight excluding hydrogens is 362 g/mol. The fraction of sp³-hybridized carbons (Fsp3) is 0.211. The van der Waals surface area contributed by atoms with Gasteiger partial charge in [0.2, 0.25) is 5.91 Å². The van der Waals surface area contributed by atoms with Crippen molar-refractivity contribution in [2.45, 2.75) is 12.8 Å². The molecule has 0 atom stereocenters. The van der Waals surface area contributed by atoms with Crippen molar-refractivity contribution in [3.05, 3.63) is 54.5 Å². The molecule has 3 heterocycles. The quantitative estimate of drug-likeness (QED) is 0.676. The van der Waals surface area contributed by atoms with Crippen LogP contribution in [0.2, 0.25) is 0 Å². The summed E-state index contributed by atoms with van der Waals surface area (Å²) in [5.74, 6) is -1.09. The molecule has 1 N–H and O–H groups in total. The van der Waals surface area contributed by atoms with Gasteiger partial charge in [-0.05, 0) is 30.7 Å². The van der Waals surface area contributed by atoms with E-state index >= 15 is 0 Å². The lowest BCUT2D eigenvalue weighted by Crippen LogP contribution is -2.27. The molecule has 1 aliphatic rings. The normalized spacial score (nSPS) is 13.7. The smallest absolute Gasteiger partial charge is 0.340 e. The van der Waals surface area contributed by atoms with Crippen molar-refractivity contribution < 1.29 is 19.1 Å². The van der Waals surface area contributed by atoms with Gasteiger partial charge >= 0.3 is 5.97 Å². The van der Waals surface area contributed by atoms with Gasteiger partial charge in [-0.25, -0.2) is 4.79 Å². The summed E-state index contributed by atoms with van der Waals surface area (Å²) in [6.45, 7) is 0.174. The molecule has 2 amide bonds. The van der Waals surface area contributed by atoms with Crippen LogP contribution in [0.4, 0.5) is 11.4 Å². The SMILES string of the molecule is O=C(COC(=O)c1ccc2nncn2c1)Nc1ccccc1N1CCCC1=O. The van der Waals surface area contributed by atoms with Crippen LogP contribution < -0.4 is 10.2 Å². The third kappa shape index (κ3) is 3.54. The van der Waals surface area contributed by atoms with E-state index in [1.807, 2.05) is 0 Å². The number of fused-ring (bicyclic) bond motifs is 1. The van der Waals surface area contributed by atoms with Crippen LogP contribution in [-0.4, -0.2) is 45.5 Å². The largest absolute Gasteiger partial charge is 0.452 e. The molecule has 28 heavy (non-hydrogen) atoms. The van der Waals surface area contributed by atoms with Crippen molar-refractivity contribution in [1.82, 2.24) is 14.6 Å². The highest BCUT2D eigenvalue weighted by molar-refractivity contribution is 6.02. The minimum Gasteiger partial charge on any atom is -0.452 e. The lowest BCUT2D eigenvalue weighted by molar-refractivity contribution is -0.119. The van der Waals surface area contributed by atoms with Crippen LogP contribution in [0.1, 0.15) is 23.2 Å². The Morgan fingerprint density at radius 2 is 2.04 bits per heavy atom. The van der Waals surface area contributed by atoms with Crippen molar-refractivity contribution in [3.8, 4) is 0 Å². The summed E-state index contributed by atoms with van der Waals surface area (Å²) in [4.78, 5) is 38.1. The Bertz CT molecular complexity index is 1060. The monoisotopic (exact) mass is 379 g/mol. The number of aromatic nitrogens is 3. The summed E-state index contributed by atoms with van der Waals surface area (Å²) < 4.78 is 6.67. The molecule has 1 saturated heterocycles. The zero-order valence-electron chi connectivity index (χ0n) is 14.9. The minimum absolute atomic E-state index is 0.0255. The number of pyridine rings is 1. The number of benzene rings is 1. The van der Waals surface area contributed by atoms with Crippen molar-refractivity contribution >= 4 is 34.8 Å². The second-order valence-electron chi connectivity index (χ2n) is 6.30. The van der Waals surface area contributed by atoms with E-state index in [1.165, 1.54) is 12.5 Å². The lowest BCUT2D eigenvalue weighted by Gasteiger charge is -2.19. The van der Waals surface area contributed by atoms with Crippen LogP contribution >= 0.6 is 0 Å². The maximum Gasteiger partial charge on any atom is 0.340 e. The third-order valence-corrected chi connectivity index (χ3v) is 4.40. The van der Waals surface area contributed by atoms with Gasteiger partial charge in [0.1, 0.15) is 6.33 Å². The molecule has 1 aliphatic heterocycles. The van der Waals surface area contributed by atoms with Gasteiger partial charge < -0.3 is 15.0 Å². The zero-order chi connectivity index (χ0) is 19.5. The minimum atomic E-state index is -0.631. The average Bonchev–Trinajstić information content (AvgIpc) is 3.34. The Kier molecular flexibility index (Phi) is 4.71. The number of para-hydroxylation sites is 2. The number of nitrogens with one attached hydrogen (secondary N) is 1. The Hall–Kier alpha value is -3.75. The molecule has 9 nitrogen and oxygen atoms in total. The lowest BCUT2D eigenvalue weighted by atomic mass is 10.2. The first-order valence-corrected chi connectivity index (χ1v) is 8.77. The van der Waals surface area contributed by atoms with Crippen molar-refractivity contribution in [3.63, 3.8) is 0 Å². The molecule has 1 aromatic carbocycles. The van der Waals surface area contributed by atoms with Gasteiger partial charge in [-0.1, -0.05) is 12.1 Å². The second kappa shape index (κ2) is 7.47. The first-order chi connectivity index (χ1) is 13.6. The number of carbonyl (C=O) groups excluding carboxylic acids is 3. The molecule has 0 spiro atoms. The Morgan fingerprint density at radius 3 is 2.86 bits per heavy atom. The van der Waals surface area contributed by atoms with E-state index in [0.717, 1.165) is 6.42 Å². The second-order valence-corrected chi connectivity index (χ2v) is 6.30. The van der Waals surface area contributed by atoms with Gasteiger partial charge in [0.25, 0.3) is 5.91 Å². The van der Waals surface area contributed by atoms with E-state index in [4.69, 9.17) is 4.74 Å². The molecule has 1 fully saturated rings. The fourth-order valence-corrected chi connectivity index (χ4v) is 3.07. The number of nitrogens with zero attached hydrogens (tertiary/aromatic N) is 4. The molecule has 0 unspecified atom stereocenters. The van der Waals surface area contributed by atoms with Crippen LogP contribution in [0, 0.1) is 0 Å². The molecule has 3 aromatic rings. The molecule has 4 rings (SSSR count). The van der Waals surface area contributed by atoms with E-state index < -0.39 is 18.5 Å². The fourth-order valence-electron chi connectivity index (χ4n) is 3.07. The summed E-state index contributed by atoms with van der Waals surface area (Å²) >= 11 is 0. The van der Waals surface area contributed by atoms with Gasteiger partial charge in [-0.2, -0.15) is 0 Å². The van der Waals surface area contributed by atoms with Crippen LogP contribution in [0.25, 0.3) is 5.65 Å². The first kappa shape index (κ1) is 17.7. The number of hydrogen-bond acceptors (Lipinski definition) is 6. The molecule has 0 saturated carbocycles. The molecule has 2 aromatic heterocycles. The molecule has 0 bridgehead atoms. The van der Waals surface area contributed by atoms with Gasteiger partial charge in [-0.15, -0.1) is 10.2 Å². The Balaban J connectivity index is 1.39. The highest BCUT2D eigenvalue weighted by atomic mass is 16.5. The van der Waals surface area contributed by atoms with Gasteiger partial charge in [-0.3, -0.25) is 14.0 Å². The van der Waals surface area contributed by atoms with E-state index in [2.05, 4.69) is 15.5 Å². The Morgan fingerprint density at radius 1 is 1.18 bits per heavy atom. The predicted molar refractivity (Wildman–Crippen MR) is 99.9 cm³/mol. The molecule has 0 aliphatic carbocycles. The summed E-state index contributed by atoms with van der Waals surface area (Å²) in [5.41, 5.74) is 2.03. The maximum atomic E-state index is 12.3. The number of rotatable bonds is 5. The summed E-state index contributed by atoms with van der Waals surface area (Å²) in [6, 6.07) is 10.2. The number of anilines is 2. The van der Waals surface area contributed by atoms with Crippen LogP contribution in [-0.2, 0) is 14.3 Å². The number of carbonyl (C=O) groups is 3. The predicted octanol–water partition coefficient (Wildman–Crippen LogP) is 1.65. The van der Waals surface area contributed by atoms with E-state index in [-0.39, 0.29) is 11.5 Å². The maximum absolute atomic E-state index is 12.3. The summed E-state index contributed by atoms with van der Waals surface area (Å²) in [5, 5.41) is 10.3. The van der Waals surface area contributed by atoms with Crippen LogP contribution in [0.3, 0.4) is 0 Å². The number of amides is 2. The molecular formula is C19H17N5O4. The summed E-state index contributed by atoms with van der Waals surface area (Å²) in [7, 11) is 0. The van der Waals surface area contributed by atoms with Gasteiger partial charge in [0, 0.05) is 19.2 Å². The van der Waals surface area contributed by atoms with Crippen molar-refractivity contribution in [2.24, 2.45) is 0 Å². The van der Waals surface area contributed by atoms with Crippen molar-refractivity contribution in [1.29, 1.82) is 0 Å². The highest BCUT2D eigenvalue weighted by Gasteiger charge is 2.24. The van der Waals surface area contributed by atoms with Gasteiger partial charge in [0.05, 0.1) is 16.9 Å². The van der Waals surface area contributed by atoms with Crippen LogP contribution in [0.5, 0.6) is 0 Å². The van der Waals surface area contributed by atoms with E-state index in [9.17, 15) is 14.4 Å². The third-order valence-electron chi connectivity index (χ3n) is 4.40. The topological polar surface area (TPSA) is 106 Å². The molecule has 9 heteroatoms. The Labute approximate surface area is 159 Å². The number of ether oxygens (including phenoxy) is 1. The number of hydrogen-bond donors (Lipinski definition) is 1. The average molecular weight is 379 g/mol. The molecule has 0 radical (unpaired) electrons. The molecule has 142 valence electrons. The van der Waals surface area contributed by atoms with Crippen LogP contribution in [0.15, 0.2) is 48.9 Å². The van der Waals surface area contributed by atoms with Crippen molar-refractivity contribution in [2.75, 3.05) is 23.4 Å². The highest BCUT2D eigenvalue weighted by Crippen LogP contribution is 2.29. The zero-order valence-corrected chi connectivity index (χ0v) is 14.9. The first-order valence-electron chi connectivity index (χ1n) is 8.77. The summed E-state index contributed by atoms with van der Waals surface area (Å²) in [6.07, 6.45) is 4.28.